The highest BCUT2D eigenvalue weighted by Crippen LogP contribution is 2.30. The van der Waals surface area contributed by atoms with Crippen molar-refractivity contribution >= 4 is 40.1 Å². The summed E-state index contributed by atoms with van der Waals surface area (Å²) in [5.74, 6) is -1.05. The van der Waals surface area contributed by atoms with E-state index in [9.17, 15) is 4.79 Å². The van der Waals surface area contributed by atoms with Crippen molar-refractivity contribution in [3.8, 4) is 0 Å². The molecule has 1 aromatic heterocycles. The second-order valence-corrected chi connectivity index (χ2v) is 3.99. The van der Waals surface area contributed by atoms with Gasteiger partial charge in [-0.15, -0.1) is 0 Å². The molecule has 0 bridgehead atoms. The number of carbonyl (C=O) groups is 1. The van der Waals surface area contributed by atoms with Gasteiger partial charge in [0.2, 0.25) is 0 Å². The number of nitrogens with zero attached hydrogens (tertiary/aromatic N) is 1. The highest BCUT2D eigenvalue weighted by atomic mass is 35.5. The summed E-state index contributed by atoms with van der Waals surface area (Å²) >= 11 is 11.7. The lowest BCUT2D eigenvalue weighted by Gasteiger charge is -1.96. The Kier molecular flexibility index (Phi) is 2.37. The average Bonchev–Trinajstić information content (AvgIpc) is 2.39. The van der Waals surface area contributed by atoms with Gasteiger partial charge in [0.25, 0.3) is 0 Å². The molecule has 0 radical (unpaired) electrons. The third-order valence-electron chi connectivity index (χ3n) is 2.30. The van der Waals surface area contributed by atoms with E-state index in [-0.39, 0.29) is 10.7 Å². The number of hydrogen-bond acceptors (Lipinski definition) is 1. The quantitative estimate of drug-likeness (QED) is 0.836. The zero-order chi connectivity index (χ0) is 11.2. The first-order chi connectivity index (χ1) is 7.02. The van der Waals surface area contributed by atoms with Gasteiger partial charge in [-0.1, -0.05) is 23.2 Å². The van der Waals surface area contributed by atoms with Crippen LogP contribution in [0.1, 0.15) is 10.4 Å². The Morgan fingerprint density at radius 2 is 2.07 bits per heavy atom. The summed E-state index contributed by atoms with van der Waals surface area (Å²) in [6.07, 6.45) is 0. The van der Waals surface area contributed by atoms with E-state index < -0.39 is 5.97 Å². The maximum Gasteiger partial charge on any atom is 0.339 e. The summed E-state index contributed by atoms with van der Waals surface area (Å²) in [6, 6.07) is 5.05. The van der Waals surface area contributed by atoms with Crippen molar-refractivity contribution in [2.24, 2.45) is 7.05 Å². The van der Waals surface area contributed by atoms with Gasteiger partial charge in [-0.3, -0.25) is 0 Å². The molecule has 0 saturated heterocycles. The molecule has 78 valence electrons. The van der Waals surface area contributed by atoms with E-state index in [1.807, 2.05) is 0 Å². The summed E-state index contributed by atoms with van der Waals surface area (Å²) < 4.78 is 1.62. The Bertz CT molecular complexity index is 560. The fraction of sp³-hybridized carbons (Fsp3) is 0.100. The lowest BCUT2D eigenvalue weighted by molar-refractivity contribution is 0.0699. The van der Waals surface area contributed by atoms with Crippen LogP contribution < -0.4 is 0 Å². The molecule has 1 N–H and O–H groups in total. The number of halogens is 2. The SMILES string of the molecule is Cn1c(Cl)c(C(=O)O)c2cc(Cl)ccc21. The van der Waals surface area contributed by atoms with E-state index in [1.165, 1.54) is 0 Å². The van der Waals surface area contributed by atoms with Gasteiger partial charge in [0.1, 0.15) is 10.7 Å². The molecule has 3 nitrogen and oxygen atoms in total. The largest absolute Gasteiger partial charge is 0.478 e. The molecule has 0 amide bonds. The van der Waals surface area contributed by atoms with E-state index in [0.29, 0.717) is 10.4 Å². The molecule has 2 aromatic rings. The molecule has 0 atom stereocenters. The van der Waals surface area contributed by atoms with Crippen LogP contribution in [-0.2, 0) is 7.05 Å². The number of hydrogen-bond donors (Lipinski definition) is 1. The van der Waals surface area contributed by atoms with Crippen LogP contribution in [0, 0.1) is 0 Å². The molecular weight excluding hydrogens is 237 g/mol. The molecule has 1 aromatic carbocycles. The van der Waals surface area contributed by atoms with Crippen molar-refractivity contribution in [1.82, 2.24) is 4.57 Å². The van der Waals surface area contributed by atoms with E-state index in [2.05, 4.69) is 0 Å². The van der Waals surface area contributed by atoms with Gasteiger partial charge in [0.05, 0.1) is 0 Å². The van der Waals surface area contributed by atoms with E-state index >= 15 is 0 Å². The minimum atomic E-state index is -1.05. The first-order valence-electron chi connectivity index (χ1n) is 4.19. The second-order valence-electron chi connectivity index (χ2n) is 3.19. The van der Waals surface area contributed by atoms with Crippen molar-refractivity contribution in [1.29, 1.82) is 0 Å². The van der Waals surface area contributed by atoms with Crippen molar-refractivity contribution in [3.05, 3.63) is 33.9 Å². The fourth-order valence-corrected chi connectivity index (χ4v) is 2.03. The fourth-order valence-electron chi connectivity index (χ4n) is 1.59. The summed E-state index contributed by atoms with van der Waals surface area (Å²) in [6.45, 7) is 0. The molecule has 5 heteroatoms. The topological polar surface area (TPSA) is 42.2 Å². The molecule has 15 heavy (non-hydrogen) atoms. The van der Waals surface area contributed by atoms with Gasteiger partial charge in [-0.05, 0) is 18.2 Å². The molecule has 0 spiro atoms. The lowest BCUT2D eigenvalue weighted by Crippen LogP contribution is -1.96. The Morgan fingerprint density at radius 3 is 2.67 bits per heavy atom. The minimum Gasteiger partial charge on any atom is -0.478 e. The van der Waals surface area contributed by atoms with Crippen LogP contribution in [0.15, 0.2) is 18.2 Å². The Labute approximate surface area is 95.8 Å². The molecule has 0 fully saturated rings. The van der Waals surface area contributed by atoms with E-state index in [1.54, 1.807) is 29.8 Å². The number of carboxylic acids is 1. The standard InChI is InChI=1S/C10H7Cl2NO2/c1-13-7-3-2-5(11)4-6(7)8(9(13)12)10(14)15/h2-4H,1H3,(H,14,15). The number of aromatic nitrogens is 1. The molecule has 0 aliphatic heterocycles. The molecular formula is C10H7Cl2NO2. The molecule has 0 aliphatic carbocycles. The van der Waals surface area contributed by atoms with Gasteiger partial charge in [-0.25, -0.2) is 4.79 Å². The molecule has 0 aliphatic rings. The Hall–Kier alpha value is -1.19. The van der Waals surface area contributed by atoms with Crippen LogP contribution in [0.2, 0.25) is 10.2 Å². The van der Waals surface area contributed by atoms with Crippen molar-refractivity contribution in [3.63, 3.8) is 0 Å². The van der Waals surface area contributed by atoms with Crippen LogP contribution in [0.25, 0.3) is 10.9 Å². The van der Waals surface area contributed by atoms with E-state index in [4.69, 9.17) is 28.3 Å². The predicted octanol–water partition coefficient (Wildman–Crippen LogP) is 3.18. The van der Waals surface area contributed by atoms with Crippen molar-refractivity contribution in [2.45, 2.75) is 0 Å². The summed E-state index contributed by atoms with van der Waals surface area (Å²) in [7, 11) is 1.71. The number of aryl methyl sites for hydroxylation is 1. The van der Waals surface area contributed by atoms with Crippen molar-refractivity contribution in [2.75, 3.05) is 0 Å². The van der Waals surface area contributed by atoms with Gasteiger partial charge >= 0.3 is 5.97 Å². The zero-order valence-corrected chi connectivity index (χ0v) is 9.30. The van der Waals surface area contributed by atoms with E-state index in [0.717, 1.165) is 5.52 Å². The van der Waals surface area contributed by atoms with Gasteiger partial charge in [0, 0.05) is 23.0 Å². The number of fused-ring (bicyclic) bond motifs is 1. The average molecular weight is 244 g/mol. The molecule has 0 saturated carbocycles. The highest BCUT2D eigenvalue weighted by Gasteiger charge is 2.19. The second kappa shape index (κ2) is 3.43. The first kappa shape index (κ1) is 10.3. The number of carboxylic acid groups (broad SMARTS) is 1. The van der Waals surface area contributed by atoms with Crippen molar-refractivity contribution < 1.29 is 9.90 Å². The van der Waals surface area contributed by atoms with Crippen LogP contribution >= 0.6 is 23.2 Å². The van der Waals surface area contributed by atoms with Crippen LogP contribution in [0.3, 0.4) is 0 Å². The Morgan fingerprint density at radius 1 is 1.40 bits per heavy atom. The lowest BCUT2D eigenvalue weighted by atomic mass is 10.2. The summed E-state index contributed by atoms with van der Waals surface area (Å²) in [5, 5.41) is 10.3. The maximum absolute atomic E-state index is 11.0. The Balaban J connectivity index is 2.95. The van der Waals surface area contributed by atoms with Gasteiger partial charge in [0.15, 0.2) is 0 Å². The number of aromatic carboxylic acids is 1. The smallest absolute Gasteiger partial charge is 0.339 e. The number of rotatable bonds is 1. The normalized spacial score (nSPS) is 10.9. The van der Waals surface area contributed by atoms with Crippen LogP contribution in [0.5, 0.6) is 0 Å². The van der Waals surface area contributed by atoms with Gasteiger partial charge in [-0.2, -0.15) is 0 Å². The molecule has 1 heterocycles. The number of benzene rings is 1. The summed E-state index contributed by atoms with van der Waals surface area (Å²) in [5.41, 5.74) is 0.846. The van der Waals surface area contributed by atoms with Gasteiger partial charge < -0.3 is 9.67 Å². The zero-order valence-electron chi connectivity index (χ0n) is 7.79. The highest BCUT2D eigenvalue weighted by molar-refractivity contribution is 6.36. The van der Waals surface area contributed by atoms with Crippen LogP contribution in [0.4, 0.5) is 0 Å². The minimum absolute atomic E-state index is 0.0941. The monoisotopic (exact) mass is 243 g/mol. The molecule has 2 rings (SSSR count). The van der Waals surface area contributed by atoms with Crippen LogP contribution in [-0.4, -0.2) is 15.6 Å². The first-order valence-corrected chi connectivity index (χ1v) is 4.94. The summed E-state index contributed by atoms with van der Waals surface area (Å²) in [4.78, 5) is 11.0. The maximum atomic E-state index is 11.0. The third-order valence-corrected chi connectivity index (χ3v) is 2.98. The predicted molar refractivity (Wildman–Crippen MR) is 59.9 cm³/mol. The third kappa shape index (κ3) is 1.48. The molecule has 0 unspecified atom stereocenters.